The Labute approximate surface area is 180 Å². The molecule has 172 valence electrons. The molecule has 3 rings (SSSR count). The van der Waals surface area contributed by atoms with Crippen molar-refractivity contribution in [2.24, 2.45) is 0 Å². The van der Waals surface area contributed by atoms with E-state index in [1.54, 1.807) is 21.3 Å². The molecule has 1 aliphatic heterocycles. The highest BCUT2D eigenvalue weighted by atomic mass is 16.9. The highest BCUT2D eigenvalue weighted by Gasteiger charge is 2.25. The van der Waals surface area contributed by atoms with E-state index in [2.05, 4.69) is 9.80 Å². The fraction of sp³-hybridized carbons (Fsp3) is 0.579. The largest absolute Gasteiger partial charge is 0.493 e. The van der Waals surface area contributed by atoms with Crippen LogP contribution in [0.2, 0.25) is 0 Å². The van der Waals surface area contributed by atoms with Gasteiger partial charge in [-0.05, 0) is 6.07 Å². The quantitative estimate of drug-likeness (QED) is 0.470. The Balaban J connectivity index is 0.000000785. The maximum absolute atomic E-state index is 9.16. The normalized spacial score (nSPS) is 14.0. The lowest BCUT2D eigenvalue weighted by atomic mass is 10.1. The van der Waals surface area contributed by atoms with Crippen molar-refractivity contribution in [3.63, 3.8) is 0 Å². The molecule has 2 aromatic rings. The summed E-state index contributed by atoms with van der Waals surface area (Å²) in [6.07, 6.45) is 0.727. The van der Waals surface area contributed by atoms with Crippen molar-refractivity contribution in [2.45, 2.75) is 13.3 Å². The second-order valence-corrected chi connectivity index (χ2v) is 6.65. The Morgan fingerprint density at radius 2 is 1.71 bits per heavy atom. The number of β-amino-alcohol motifs (C(OH)–C–C–N with tert-alkyl or cyclic N) is 1. The zero-order valence-corrected chi connectivity index (χ0v) is 18.2. The molecular weight excluding hydrogens is 410 g/mol. The molecule has 12 nitrogen and oxygen atoms in total. The molecule has 0 saturated carbocycles. The number of benzene rings is 1. The molecule has 2 N–H and O–H groups in total. The number of rotatable bonds is 7. The lowest BCUT2D eigenvalue weighted by Gasteiger charge is -2.35. The maximum atomic E-state index is 9.16. The average Bonchev–Trinajstić information content (AvgIpc) is 2.77. The molecule has 1 aromatic carbocycles. The van der Waals surface area contributed by atoms with Crippen LogP contribution in [-0.2, 0) is 6.42 Å². The Morgan fingerprint density at radius 1 is 1.10 bits per heavy atom. The monoisotopic (exact) mass is 439 g/mol. The van der Waals surface area contributed by atoms with Crippen LogP contribution in [0.5, 0.6) is 17.2 Å². The van der Waals surface area contributed by atoms with Crippen molar-refractivity contribution in [3.8, 4) is 17.2 Å². The Bertz CT molecular complexity index is 884. The first-order valence-corrected chi connectivity index (χ1v) is 9.81. The van der Waals surface area contributed by atoms with E-state index in [0.29, 0.717) is 23.8 Å². The van der Waals surface area contributed by atoms with E-state index in [0.717, 1.165) is 55.1 Å². The van der Waals surface area contributed by atoms with E-state index in [4.69, 9.17) is 44.6 Å². The number of methoxy groups -OCH3 is 3. The Kier molecular flexibility index (Phi) is 8.82. The number of piperazine rings is 1. The van der Waals surface area contributed by atoms with E-state index < -0.39 is 5.09 Å². The number of aliphatic hydroxyl groups is 1. The minimum absolute atomic E-state index is 0.185. The van der Waals surface area contributed by atoms with Crippen LogP contribution >= 0.6 is 0 Å². The van der Waals surface area contributed by atoms with Gasteiger partial charge < -0.3 is 29.4 Å². The summed E-state index contributed by atoms with van der Waals surface area (Å²) >= 11 is 0. The van der Waals surface area contributed by atoms with Crippen molar-refractivity contribution in [1.82, 2.24) is 14.9 Å². The van der Waals surface area contributed by atoms with Crippen LogP contribution in [0, 0.1) is 10.1 Å². The lowest BCUT2D eigenvalue weighted by Crippen LogP contribution is -2.47. The van der Waals surface area contributed by atoms with Crippen LogP contribution in [0.3, 0.4) is 0 Å². The highest BCUT2D eigenvalue weighted by molar-refractivity contribution is 5.97. The topological polar surface area (TPSA) is 144 Å². The Hall–Kier alpha value is -3.12. The van der Waals surface area contributed by atoms with E-state index in [-0.39, 0.29) is 6.61 Å². The Morgan fingerprint density at radius 3 is 2.19 bits per heavy atom. The van der Waals surface area contributed by atoms with Gasteiger partial charge in [0.15, 0.2) is 11.5 Å². The molecule has 0 atom stereocenters. The molecule has 0 amide bonds. The van der Waals surface area contributed by atoms with Gasteiger partial charge in [-0.15, -0.1) is 10.1 Å². The van der Waals surface area contributed by atoms with Crippen molar-refractivity contribution in [3.05, 3.63) is 22.0 Å². The number of anilines is 1. The van der Waals surface area contributed by atoms with Crippen LogP contribution in [-0.4, -0.2) is 90.9 Å². The second kappa shape index (κ2) is 11.3. The molecule has 1 aromatic heterocycles. The number of ether oxygens (including phenoxy) is 3. The molecule has 0 bridgehead atoms. The third-order valence-electron chi connectivity index (χ3n) is 4.92. The van der Waals surface area contributed by atoms with E-state index in [9.17, 15) is 0 Å². The molecule has 12 heteroatoms. The number of fused-ring (bicyclic) bond motifs is 1. The standard InChI is InChI=1S/C19H28N4O4.HNO3/c1-5-15-20-16-13(12-14(25-2)17(26-3)18(16)27-4)19(21-15)23-8-6-22(7-9-23)10-11-24;2-1(3)4/h12,24H,5-11H2,1-4H3;(H,2,3,4). The minimum Gasteiger partial charge on any atom is -0.493 e. The van der Waals surface area contributed by atoms with Crippen molar-refractivity contribution < 1.29 is 29.6 Å². The van der Waals surface area contributed by atoms with Gasteiger partial charge in [0, 0.05) is 39.1 Å². The summed E-state index contributed by atoms with van der Waals surface area (Å²) in [6, 6.07) is 1.92. The fourth-order valence-corrected chi connectivity index (χ4v) is 3.48. The van der Waals surface area contributed by atoms with Crippen molar-refractivity contribution in [2.75, 3.05) is 65.6 Å². The van der Waals surface area contributed by atoms with Gasteiger partial charge in [0.05, 0.1) is 33.3 Å². The predicted octanol–water partition coefficient (Wildman–Crippen LogP) is 0.985. The van der Waals surface area contributed by atoms with Crippen LogP contribution in [0.1, 0.15) is 12.7 Å². The first-order valence-electron chi connectivity index (χ1n) is 9.81. The van der Waals surface area contributed by atoms with Gasteiger partial charge in [-0.2, -0.15) is 0 Å². The van der Waals surface area contributed by atoms with Crippen LogP contribution in [0.25, 0.3) is 10.9 Å². The number of aliphatic hydroxyl groups excluding tert-OH is 1. The summed E-state index contributed by atoms with van der Waals surface area (Å²) in [7, 11) is 4.81. The fourth-order valence-electron chi connectivity index (χ4n) is 3.48. The van der Waals surface area contributed by atoms with Gasteiger partial charge in [-0.25, -0.2) is 9.97 Å². The van der Waals surface area contributed by atoms with Gasteiger partial charge in [0.2, 0.25) is 5.75 Å². The van der Waals surface area contributed by atoms with Gasteiger partial charge in [-0.3, -0.25) is 4.90 Å². The van der Waals surface area contributed by atoms with Crippen LogP contribution in [0.15, 0.2) is 6.07 Å². The summed E-state index contributed by atoms with van der Waals surface area (Å²) < 4.78 is 16.7. The van der Waals surface area contributed by atoms with Crippen molar-refractivity contribution >= 4 is 16.7 Å². The molecule has 0 unspecified atom stereocenters. The molecule has 0 aliphatic carbocycles. The molecule has 31 heavy (non-hydrogen) atoms. The minimum atomic E-state index is -1.50. The van der Waals surface area contributed by atoms with Crippen molar-refractivity contribution in [1.29, 1.82) is 0 Å². The maximum Gasteiger partial charge on any atom is 0.291 e. The molecule has 2 heterocycles. The first kappa shape index (κ1) is 24.2. The summed E-state index contributed by atoms with van der Waals surface area (Å²) in [5.74, 6) is 3.34. The third-order valence-corrected chi connectivity index (χ3v) is 4.92. The molecular formula is C19H29N5O7. The number of aromatic nitrogens is 2. The predicted molar refractivity (Wildman–Crippen MR) is 113 cm³/mol. The lowest BCUT2D eigenvalue weighted by molar-refractivity contribution is -0.742. The van der Waals surface area contributed by atoms with E-state index in [1.807, 2.05) is 13.0 Å². The third kappa shape index (κ3) is 5.73. The average molecular weight is 439 g/mol. The number of aryl methyl sites for hydroxylation is 1. The summed E-state index contributed by atoms with van der Waals surface area (Å²) in [6.45, 7) is 6.38. The first-order chi connectivity index (χ1) is 14.9. The van der Waals surface area contributed by atoms with Gasteiger partial charge in [-0.1, -0.05) is 6.92 Å². The van der Waals surface area contributed by atoms with Gasteiger partial charge in [0.1, 0.15) is 17.2 Å². The number of hydrogen-bond acceptors (Lipinski definition) is 10. The summed E-state index contributed by atoms with van der Waals surface area (Å²) in [5, 5.41) is 23.7. The smallest absolute Gasteiger partial charge is 0.291 e. The van der Waals surface area contributed by atoms with Gasteiger partial charge >= 0.3 is 0 Å². The molecule has 0 spiro atoms. The SMILES string of the molecule is CCc1nc(N2CCN(CCO)CC2)c2cc(OC)c(OC)c(OC)c2n1.O=[N+]([O-])O. The highest BCUT2D eigenvalue weighted by Crippen LogP contribution is 2.44. The molecule has 1 saturated heterocycles. The number of nitrogens with zero attached hydrogens (tertiary/aromatic N) is 5. The van der Waals surface area contributed by atoms with Gasteiger partial charge in [0.25, 0.3) is 5.09 Å². The summed E-state index contributed by atoms with van der Waals surface area (Å²) in [4.78, 5) is 22.4. The number of hydrogen-bond donors (Lipinski definition) is 2. The summed E-state index contributed by atoms with van der Waals surface area (Å²) in [5.41, 5.74) is 0.731. The molecule has 1 fully saturated rings. The molecule has 1 aliphatic rings. The zero-order valence-electron chi connectivity index (χ0n) is 18.2. The van der Waals surface area contributed by atoms with Crippen LogP contribution in [0.4, 0.5) is 5.82 Å². The second-order valence-electron chi connectivity index (χ2n) is 6.65. The van der Waals surface area contributed by atoms with E-state index >= 15 is 0 Å². The molecule has 0 radical (unpaired) electrons. The van der Waals surface area contributed by atoms with E-state index in [1.165, 1.54) is 0 Å². The zero-order chi connectivity index (χ0) is 23.0. The van der Waals surface area contributed by atoms with Crippen LogP contribution < -0.4 is 19.1 Å².